The number of aliphatic hydroxyl groups excluding tert-OH is 2. The number of amides is 2. The van der Waals surface area contributed by atoms with E-state index in [-0.39, 0.29) is 35.9 Å². The molecule has 3 heterocycles. The highest BCUT2D eigenvalue weighted by atomic mass is 32.1. The van der Waals surface area contributed by atoms with Crippen LogP contribution < -0.4 is 16.4 Å². The van der Waals surface area contributed by atoms with Gasteiger partial charge in [0.25, 0.3) is 0 Å². The molecular weight excluding hydrogens is 787 g/mol. The van der Waals surface area contributed by atoms with Crippen LogP contribution in [0.2, 0.25) is 0 Å². The highest BCUT2D eigenvalue weighted by Crippen LogP contribution is 2.61. The van der Waals surface area contributed by atoms with Crippen molar-refractivity contribution in [1.82, 2.24) is 30.2 Å². The molecule has 1 saturated heterocycles. The van der Waals surface area contributed by atoms with E-state index in [4.69, 9.17) is 19.5 Å². The predicted octanol–water partition coefficient (Wildman–Crippen LogP) is -0.729. The number of fused-ring (bicyclic) bond motifs is 1. The number of nitrogens with one attached hydrogen (secondary N) is 2. The summed E-state index contributed by atoms with van der Waals surface area (Å²) in [7, 11) is -16.3. The number of imidazole rings is 1. The monoisotopic (exact) mass is 829 g/mol. The number of thiol groups is 2. The fraction of sp³-hybridized carbons (Fsp3) is 0.696. The zero-order valence-electron chi connectivity index (χ0n) is 27.4. The molecule has 2 amide bonds. The number of aromatic nitrogens is 4. The lowest BCUT2D eigenvalue weighted by Crippen LogP contribution is -2.46. The van der Waals surface area contributed by atoms with Gasteiger partial charge in [-0.05, 0) is 5.75 Å². The molecule has 292 valence electrons. The Balaban J connectivity index is 0.00000290. The molecule has 3 rings (SSSR count). The Morgan fingerprint density at radius 2 is 1.71 bits per heavy atom. The molecule has 0 radical (unpaired) electrons. The minimum atomic E-state index is -5.54. The third kappa shape index (κ3) is 14.2. The van der Waals surface area contributed by atoms with E-state index in [1.165, 1.54) is 13.8 Å². The van der Waals surface area contributed by atoms with Gasteiger partial charge in [-0.2, -0.15) is 29.6 Å². The Hall–Kier alpha value is -1.76. The highest BCUT2D eigenvalue weighted by Gasteiger charge is 2.50. The quantitative estimate of drug-likeness (QED) is 0.0651. The summed E-state index contributed by atoms with van der Waals surface area (Å²) in [4.78, 5) is 74.6. The predicted molar refractivity (Wildman–Crippen MR) is 183 cm³/mol. The van der Waals surface area contributed by atoms with Gasteiger partial charge in [-0.3, -0.25) is 27.7 Å². The Morgan fingerprint density at radius 3 is 2.31 bits per heavy atom. The smallest absolute Gasteiger partial charge is 0.386 e. The SMILES string of the molecule is CC(C)(COP(=O)(O)OP(=O)(O)OC[C@H]1O[C@@H](n2cnc3c(N)ncnc32)[C@H](O)[C@@H]1OP(=O)(O)O)[C@@H](O)C(=O)NCCC(=O)NCCS.CCS. The topological polar surface area (TPSA) is 347 Å². The van der Waals surface area contributed by atoms with Crippen molar-refractivity contribution in [3.63, 3.8) is 0 Å². The maximum Gasteiger partial charge on any atom is 0.481 e. The normalized spacial score (nSPS) is 22.3. The van der Waals surface area contributed by atoms with Crippen molar-refractivity contribution in [2.45, 2.75) is 57.8 Å². The molecule has 28 heteroatoms. The number of hydrogen-bond donors (Lipinski definition) is 11. The molecule has 51 heavy (non-hydrogen) atoms. The average Bonchev–Trinajstić information content (AvgIpc) is 3.58. The first kappa shape index (κ1) is 45.4. The van der Waals surface area contributed by atoms with Gasteiger partial charge >= 0.3 is 23.5 Å². The van der Waals surface area contributed by atoms with Gasteiger partial charge in [0.15, 0.2) is 17.7 Å². The fourth-order valence-electron chi connectivity index (χ4n) is 4.14. The molecule has 7 atom stereocenters. The minimum absolute atomic E-state index is 0.0363. The number of phosphoric acid groups is 3. The molecule has 0 bridgehead atoms. The summed E-state index contributed by atoms with van der Waals surface area (Å²) < 4.78 is 61.7. The van der Waals surface area contributed by atoms with Crippen molar-refractivity contribution >= 4 is 77.5 Å². The summed E-state index contributed by atoms with van der Waals surface area (Å²) in [6.45, 7) is 2.71. The third-order valence-corrected chi connectivity index (χ3v) is 9.83. The number of nitrogen functional groups attached to an aromatic ring is 1. The van der Waals surface area contributed by atoms with Crippen LogP contribution >= 0.6 is 48.7 Å². The van der Waals surface area contributed by atoms with Crippen LogP contribution in [0, 0.1) is 5.41 Å². The van der Waals surface area contributed by atoms with Gasteiger partial charge in [0.2, 0.25) is 11.8 Å². The summed E-state index contributed by atoms with van der Waals surface area (Å²) in [5.74, 6) is 0.00115. The standard InChI is InChI=1S/C21H36N7O16P3S.C2H6S/c1-21(2,16(31)19(32)24-4-3-12(29)23-5-6-48)8-41-47(38,39)44-46(36,37)40-7-11-15(43-45(33,34)35)14(30)20(42-11)28-10-27-13-17(22)25-9-26-18(13)28;1-2-3/h9-11,14-16,20,30-31,48H,3-8H2,1-2H3,(H,23,29)(H,24,32)(H,36,37)(H,38,39)(H2,22,25,26)(H2,33,34,35);3H,2H2,1H3/t11-,14-,15-,16+,20-;/m1./s1. The molecule has 0 saturated carbocycles. The van der Waals surface area contributed by atoms with E-state index in [0.29, 0.717) is 12.3 Å². The molecule has 2 aromatic heterocycles. The van der Waals surface area contributed by atoms with Crippen molar-refractivity contribution < 1.29 is 75.7 Å². The largest absolute Gasteiger partial charge is 0.481 e. The van der Waals surface area contributed by atoms with Gasteiger partial charge in [0, 0.05) is 30.7 Å². The van der Waals surface area contributed by atoms with Crippen LogP contribution in [0.5, 0.6) is 0 Å². The van der Waals surface area contributed by atoms with E-state index in [1.807, 2.05) is 6.92 Å². The Bertz CT molecular complexity index is 1620. The maximum absolute atomic E-state index is 12.6. The van der Waals surface area contributed by atoms with Gasteiger partial charge in [-0.1, -0.05) is 20.8 Å². The zero-order valence-corrected chi connectivity index (χ0v) is 31.8. The van der Waals surface area contributed by atoms with Crippen molar-refractivity contribution in [3.05, 3.63) is 12.7 Å². The molecular formula is C23H42N7O16P3S2. The van der Waals surface area contributed by atoms with E-state index < -0.39 is 78.6 Å². The molecule has 2 aromatic rings. The molecule has 1 fully saturated rings. The van der Waals surface area contributed by atoms with Gasteiger partial charge in [-0.15, -0.1) is 0 Å². The number of phosphoric ester groups is 3. The summed E-state index contributed by atoms with van der Waals surface area (Å²) >= 11 is 7.74. The van der Waals surface area contributed by atoms with Gasteiger partial charge in [-0.25, -0.2) is 28.6 Å². The van der Waals surface area contributed by atoms with Crippen LogP contribution in [0.4, 0.5) is 5.82 Å². The van der Waals surface area contributed by atoms with Gasteiger partial charge in [0.1, 0.15) is 36.3 Å². The third-order valence-electron chi connectivity index (χ3n) is 6.51. The lowest BCUT2D eigenvalue weighted by molar-refractivity contribution is -0.137. The highest BCUT2D eigenvalue weighted by molar-refractivity contribution is 7.80. The Kier molecular flexibility index (Phi) is 17.4. The van der Waals surface area contributed by atoms with E-state index >= 15 is 0 Å². The Labute approximate surface area is 302 Å². The summed E-state index contributed by atoms with van der Waals surface area (Å²) in [5.41, 5.74) is 4.30. The minimum Gasteiger partial charge on any atom is -0.386 e. The molecule has 1 aliphatic rings. The summed E-state index contributed by atoms with van der Waals surface area (Å²) in [6, 6.07) is 0. The molecule has 0 spiro atoms. The fourth-order valence-corrected chi connectivity index (χ4v) is 7.08. The lowest BCUT2D eigenvalue weighted by Gasteiger charge is -2.30. The first-order valence-electron chi connectivity index (χ1n) is 14.7. The van der Waals surface area contributed by atoms with Crippen molar-refractivity contribution in [2.75, 3.05) is 43.5 Å². The van der Waals surface area contributed by atoms with E-state index in [0.717, 1.165) is 23.0 Å². The Morgan fingerprint density at radius 1 is 1.08 bits per heavy atom. The van der Waals surface area contributed by atoms with Crippen LogP contribution in [-0.2, 0) is 45.9 Å². The number of nitrogens with zero attached hydrogens (tertiary/aromatic N) is 4. The van der Waals surface area contributed by atoms with E-state index in [2.05, 4.69) is 59.7 Å². The van der Waals surface area contributed by atoms with E-state index in [1.54, 1.807) is 0 Å². The van der Waals surface area contributed by atoms with Crippen molar-refractivity contribution in [3.8, 4) is 0 Å². The number of hydrogen-bond acceptors (Lipinski definition) is 18. The second-order valence-corrected chi connectivity index (χ2v) is 16.4. The number of aliphatic hydroxyl groups is 2. The first-order chi connectivity index (χ1) is 23.6. The number of carbonyl (C=O) groups excluding carboxylic acids is 2. The van der Waals surface area contributed by atoms with Crippen LogP contribution in [0.15, 0.2) is 12.7 Å². The summed E-state index contributed by atoms with van der Waals surface area (Å²) in [5, 5.41) is 26.1. The molecule has 1 aliphatic heterocycles. The van der Waals surface area contributed by atoms with E-state index in [9.17, 15) is 53.1 Å². The van der Waals surface area contributed by atoms with Crippen molar-refractivity contribution in [2.24, 2.45) is 5.41 Å². The molecule has 23 nitrogen and oxygen atoms in total. The second kappa shape index (κ2) is 19.5. The first-order valence-corrected chi connectivity index (χ1v) is 20.5. The number of nitrogens with two attached hydrogens (primary N) is 1. The molecule has 0 aromatic carbocycles. The van der Waals surface area contributed by atoms with Crippen LogP contribution in [0.25, 0.3) is 11.2 Å². The van der Waals surface area contributed by atoms with Gasteiger partial charge < -0.3 is 50.9 Å². The number of anilines is 1. The molecule has 2 unspecified atom stereocenters. The van der Waals surface area contributed by atoms with Crippen molar-refractivity contribution in [1.29, 1.82) is 0 Å². The lowest BCUT2D eigenvalue weighted by atomic mass is 9.87. The number of rotatable bonds is 18. The van der Waals surface area contributed by atoms with Gasteiger partial charge in [0.05, 0.1) is 19.5 Å². The number of ether oxygens (including phenoxy) is 1. The molecule has 0 aliphatic carbocycles. The van der Waals surface area contributed by atoms with Crippen LogP contribution in [0.1, 0.15) is 33.4 Å². The average molecular weight is 830 g/mol. The second-order valence-electron chi connectivity index (χ2n) is 11.1. The summed E-state index contributed by atoms with van der Waals surface area (Å²) in [6.07, 6.45) is -6.74. The molecule has 10 N–H and O–H groups in total. The zero-order chi connectivity index (χ0) is 38.8. The van der Waals surface area contributed by atoms with Crippen LogP contribution in [-0.4, -0.2) is 123 Å². The maximum atomic E-state index is 12.6. The number of carbonyl (C=O) groups is 2. The van der Waals surface area contributed by atoms with Crippen LogP contribution in [0.3, 0.4) is 0 Å².